The van der Waals surface area contributed by atoms with Crippen molar-refractivity contribution in [1.29, 1.82) is 0 Å². The molecule has 0 aromatic carbocycles. The number of likely N-dealkylation sites (N-methyl/N-ethyl adjacent to an activating group) is 1. The molecule has 0 aliphatic heterocycles. The van der Waals surface area contributed by atoms with Gasteiger partial charge in [-0.05, 0) is 38.8 Å². The summed E-state index contributed by atoms with van der Waals surface area (Å²) in [5.74, 6) is 0.759. The molecule has 0 radical (unpaired) electrons. The van der Waals surface area contributed by atoms with Gasteiger partial charge in [-0.15, -0.1) is 0 Å². The predicted molar refractivity (Wildman–Crippen MR) is 67.2 cm³/mol. The standard InChI is InChI=1S/C13H28N2/c1-5-6-9-15(12-7-8-12)13(10-14-4)11(2)3/h11-14H,5-10H2,1-4H3. The first kappa shape index (κ1) is 13.0. The van der Waals surface area contributed by atoms with Crippen LogP contribution in [0.15, 0.2) is 0 Å². The van der Waals surface area contributed by atoms with Gasteiger partial charge in [-0.1, -0.05) is 27.2 Å². The molecule has 1 atom stereocenters. The molecule has 1 N–H and O–H groups in total. The third-order valence-corrected chi connectivity index (χ3v) is 3.39. The van der Waals surface area contributed by atoms with E-state index in [-0.39, 0.29) is 0 Å². The first-order valence-corrected chi connectivity index (χ1v) is 6.61. The highest BCUT2D eigenvalue weighted by Gasteiger charge is 2.34. The molecular weight excluding hydrogens is 184 g/mol. The van der Waals surface area contributed by atoms with E-state index in [1.807, 2.05) is 0 Å². The highest BCUT2D eigenvalue weighted by molar-refractivity contribution is 4.90. The van der Waals surface area contributed by atoms with Crippen molar-refractivity contribution < 1.29 is 0 Å². The lowest BCUT2D eigenvalue weighted by atomic mass is 10.0. The highest BCUT2D eigenvalue weighted by Crippen LogP contribution is 2.30. The maximum Gasteiger partial charge on any atom is 0.0246 e. The van der Waals surface area contributed by atoms with E-state index in [0.717, 1.165) is 24.5 Å². The predicted octanol–water partition coefficient (Wildman–Crippen LogP) is 2.49. The Balaban J connectivity index is 2.49. The van der Waals surface area contributed by atoms with Crippen LogP contribution in [-0.2, 0) is 0 Å². The third kappa shape index (κ3) is 4.12. The quantitative estimate of drug-likeness (QED) is 0.665. The summed E-state index contributed by atoms with van der Waals surface area (Å²) < 4.78 is 0. The minimum absolute atomic E-state index is 0.731. The fourth-order valence-electron chi connectivity index (χ4n) is 2.31. The summed E-state index contributed by atoms with van der Waals surface area (Å²) in [4.78, 5) is 2.75. The lowest BCUT2D eigenvalue weighted by molar-refractivity contribution is 0.142. The lowest BCUT2D eigenvalue weighted by Gasteiger charge is -2.34. The number of unbranched alkanes of at least 4 members (excludes halogenated alkanes) is 1. The second kappa shape index (κ2) is 6.49. The summed E-state index contributed by atoms with van der Waals surface area (Å²) in [6.45, 7) is 9.42. The minimum Gasteiger partial charge on any atom is -0.318 e. The average Bonchev–Trinajstić information content (AvgIpc) is 3.00. The van der Waals surface area contributed by atoms with Gasteiger partial charge < -0.3 is 5.32 Å². The molecule has 0 saturated heterocycles. The van der Waals surface area contributed by atoms with Crippen molar-refractivity contribution in [3.05, 3.63) is 0 Å². The number of rotatable bonds is 8. The first-order chi connectivity index (χ1) is 7.20. The normalized spacial score (nSPS) is 18.8. The molecule has 2 nitrogen and oxygen atoms in total. The third-order valence-electron chi connectivity index (χ3n) is 3.39. The second-order valence-electron chi connectivity index (χ2n) is 5.19. The van der Waals surface area contributed by atoms with Crippen molar-refractivity contribution >= 4 is 0 Å². The molecular formula is C13H28N2. The van der Waals surface area contributed by atoms with Gasteiger partial charge in [-0.25, -0.2) is 0 Å². The van der Waals surface area contributed by atoms with E-state index in [1.54, 1.807) is 0 Å². The lowest BCUT2D eigenvalue weighted by Crippen LogP contribution is -2.46. The number of hydrogen-bond donors (Lipinski definition) is 1. The molecule has 2 heteroatoms. The number of nitrogens with zero attached hydrogens (tertiary/aromatic N) is 1. The molecule has 0 amide bonds. The monoisotopic (exact) mass is 212 g/mol. The van der Waals surface area contributed by atoms with Gasteiger partial charge in [0.15, 0.2) is 0 Å². The summed E-state index contributed by atoms with van der Waals surface area (Å²) in [6.07, 6.45) is 5.52. The van der Waals surface area contributed by atoms with Gasteiger partial charge in [0, 0.05) is 18.6 Å². The smallest absolute Gasteiger partial charge is 0.0246 e. The fourth-order valence-corrected chi connectivity index (χ4v) is 2.31. The van der Waals surface area contributed by atoms with Crippen LogP contribution in [0.25, 0.3) is 0 Å². The Bertz CT molecular complexity index is 164. The molecule has 1 rings (SSSR count). The zero-order valence-electron chi connectivity index (χ0n) is 10.9. The zero-order chi connectivity index (χ0) is 11.3. The van der Waals surface area contributed by atoms with Crippen LogP contribution in [0.5, 0.6) is 0 Å². The van der Waals surface area contributed by atoms with E-state index in [4.69, 9.17) is 0 Å². The minimum atomic E-state index is 0.731. The van der Waals surface area contributed by atoms with E-state index in [9.17, 15) is 0 Å². The van der Waals surface area contributed by atoms with Gasteiger partial charge in [0.05, 0.1) is 0 Å². The van der Waals surface area contributed by atoms with E-state index >= 15 is 0 Å². The summed E-state index contributed by atoms with van der Waals surface area (Å²) in [5.41, 5.74) is 0. The van der Waals surface area contributed by atoms with Crippen molar-refractivity contribution in [3.8, 4) is 0 Å². The van der Waals surface area contributed by atoms with E-state index in [2.05, 4.69) is 38.0 Å². The molecule has 1 fully saturated rings. The van der Waals surface area contributed by atoms with E-state index in [1.165, 1.54) is 32.2 Å². The summed E-state index contributed by atoms with van der Waals surface area (Å²) in [6, 6.07) is 1.63. The second-order valence-corrected chi connectivity index (χ2v) is 5.19. The number of nitrogens with one attached hydrogen (secondary N) is 1. The van der Waals surface area contributed by atoms with Gasteiger partial charge in [0.1, 0.15) is 0 Å². The largest absolute Gasteiger partial charge is 0.318 e. The maximum absolute atomic E-state index is 3.35. The number of hydrogen-bond acceptors (Lipinski definition) is 2. The van der Waals surface area contributed by atoms with Crippen LogP contribution < -0.4 is 5.32 Å². The molecule has 0 aromatic heterocycles. The van der Waals surface area contributed by atoms with Gasteiger partial charge in [0.25, 0.3) is 0 Å². The first-order valence-electron chi connectivity index (χ1n) is 6.61. The molecule has 90 valence electrons. The molecule has 0 bridgehead atoms. The van der Waals surface area contributed by atoms with Crippen LogP contribution in [0, 0.1) is 5.92 Å². The molecule has 1 aliphatic carbocycles. The molecule has 1 unspecified atom stereocenters. The summed E-state index contributed by atoms with van der Waals surface area (Å²) in [5, 5.41) is 3.35. The SMILES string of the molecule is CCCCN(C1CC1)C(CNC)C(C)C. The van der Waals surface area contributed by atoms with Crippen LogP contribution in [0.3, 0.4) is 0 Å². The Hall–Kier alpha value is -0.0800. The van der Waals surface area contributed by atoms with Crippen molar-refractivity contribution in [3.63, 3.8) is 0 Å². The topological polar surface area (TPSA) is 15.3 Å². The Morgan fingerprint density at radius 1 is 1.33 bits per heavy atom. The molecule has 15 heavy (non-hydrogen) atoms. The van der Waals surface area contributed by atoms with Crippen LogP contribution >= 0.6 is 0 Å². The molecule has 0 aromatic rings. The molecule has 1 aliphatic rings. The van der Waals surface area contributed by atoms with Gasteiger partial charge in [-0.2, -0.15) is 0 Å². The Labute approximate surface area is 95.4 Å². The van der Waals surface area contributed by atoms with Crippen LogP contribution in [0.4, 0.5) is 0 Å². The van der Waals surface area contributed by atoms with Gasteiger partial charge >= 0.3 is 0 Å². The van der Waals surface area contributed by atoms with Crippen molar-refractivity contribution in [2.24, 2.45) is 5.92 Å². The Kier molecular flexibility index (Phi) is 5.62. The van der Waals surface area contributed by atoms with Gasteiger partial charge in [-0.3, -0.25) is 4.90 Å². The van der Waals surface area contributed by atoms with Crippen LogP contribution in [-0.4, -0.2) is 37.1 Å². The molecule has 0 heterocycles. The van der Waals surface area contributed by atoms with Gasteiger partial charge in [0.2, 0.25) is 0 Å². The highest BCUT2D eigenvalue weighted by atomic mass is 15.2. The molecule has 0 spiro atoms. The Morgan fingerprint density at radius 2 is 2.00 bits per heavy atom. The summed E-state index contributed by atoms with van der Waals surface area (Å²) in [7, 11) is 2.07. The zero-order valence-corrected chi connectivity index (χ0v) is 10.9. The Morgan fingerprint density at radius 3 is 2.40 bits per heavy atom. The maximum atomic E-state index is 3.35. The average molecular weight is 212 g/mol. The van der Waals surface area contributed by atoms with Crippen LogP contribution in [0.2, 0.25) is 0 Å². The fraction of sp³-hybridized carbons (Fsp3) is 1.00. The van der Waals surface area contributed by atoms with Crippen molar-refractivity contribution in [2.45, 2.75) is 58.5 Å². The van der Waals surface area contributed by atoms with E-state index < -0.39 is 0 Å². The summed E-state index contributed by atoms with van der Waals surface area (Å²) >= 11 is 0. The van der Waals surface area contributed by atoms with E-state index in [0.29, 0.717) is 0 Å². The van der Waals surface area contributed by atoms with Crippen LogP contribution in [0.1, 0.15) is 46.5 Å². The van der Waals surface area contributed by atoms with Crippen molar-refractivity contribution in [1.82, 2.24) is 10.2 Å². The molecule has 1 saturated carbocycles. The van der Waals surface area contributed by atoms with Crippen molar-refractivity contribution in [2.75, 3.05) is 20.1 Å².